The molecule has 0 aliphatic heterocycles. The van der Waals surface area contributed by atoms with E-state index in [0.717, 1.165) is 6.04 Å². The molecule has 0 saturated carbocycles. The molecule has 0 aromatic heterocycles. The minimum Gasteiger partial charge on any atom is -0.487 e. The summed E-state index contributed by atoms with van der Waals surface area (Å²) in [7, 11) is -1.39. The number of ether oxygens (including phenoxy) is 2. The van der Waals surface area contributed by atoms with Crippen LogP contribution in [-0.4, -0.2) is 69.5 Å². The van der Waals surface area contributed by atoms with Gasteiger partial charge in [-0.15, -0.1) is 0 Å². The summed E-state index contributed by atoms with van der Waals surface area (Å²) in [4.78, 5) is 13.4. The zero-order chi connectivity index (χ0) is 20.6. The average Bonchev–Trinajstić information content (AvgIpc) is 2.56. The van der Waals surface area contributed by atoms with Gasteiger partial charge in [0.15, 0.2) is 0 Å². The largest absolute Gasteiger partial charge is 0.488 e. The summed E-state index contributed by atoms with van der Waals surface area (Å²) in [6, 6.07) is 5.15. The van der Waals surface area contributed by atoms with Gasteiger partial charge >= 0.3 is 13.2 Å². The molecule has 0 aliphatic carbocycles. The molecule has 0 spiro atoms. The van der Waals surface area contributed by atoms with Gasteiger partial charge in [0.1, 0.15) is 12.4 Å². The van der Waals surface area contributed by atoms with E-state index in [2.05, 4.69) is 19.6 Å². The van der Waals surface area contributed by atoms with Gasteiger partial charge < -0.3 is 24.4 Å². The fourth-order valence-electron chi connectivity index (χ4n) is 2.18. The Hall–Kier alpha value is -1.65. The Bertz CT molecular complexity index is 613. The minimum absolute atomic E-state index is 0.217. The van der Waals surface area contributed by atoms with Crippen LogP contribution in [0.2, 0.25) is 25.7 Å². The first-order valence-electron chi connectivity index (χ1n) is 8.77. The highest BCUT2D eigenvalue weighted by Crippen LogP contribution is 2.19. The van der Waals surface area contributed by atoms with Crippen molar-refractivity contribution in [3.8, 4) is 5.75 Å². The third kappa shape index (κ3) is 9.21. The molecule has 152 valence electrons. The van der Waals surface area contributed by atoms with Gasteiger partial charge in [-0.1, -0.05) is 31.8 Å². The molecule has 0 aliphatic rings. The van der Waals surface area contributed by atoms with Crippen LogP contribution in [0.1, 0.15) is 5.56 Å². The molecule has 0 heterocycles. The van der Waals surface area contributed by atoms with E-state index >= 15 is 0 Å². The van der Waals surface area contributed by atoms with Crippen molar-refractivity contribution in [1.29, 1.82) is 0 Å². The van der Waals surface area contributed by atoms with Crippen molar-refractivity contribution in [3.63, 3.8) is 0 Å². The predicted molar refractivity (Wildman–Crippen MR) is 104 cm³/mol. The quantitative estimate of drug-likeness (QED) is 0.584. The fraction of sp³-hybridized carbons (Fsp3) is 0.588. The lowest BCUT2D eigenvalue weighted by Crippen LogP contribution is -2.32. The molecule has 1 aromatic carbocycles. The Morgan fingerprint density at radius 2 is 1.96 bits per heavy atom. The molecule has 0 bridgehead atoms. The molecule has 0 atom stereocenters. The van der Waals surface area contributed by atoms with E-state index in [1.807, 2.05) is 0 Å². The van der Waals surface area contributed by atoms with E-state index in [1.165, 1.54) is 23.1 Å². The van der Waals surface area contributed by atoms with Crippen LogP contribution in [0.5, 0.6) is 5.75 Å². The molecule has 6 nitrogen and oxygen atoms in total. The number of carbonyl (C=O) groups is 1. The summed E-state index contributed by atoms with van der Waals surface area (Å²) in [5, 5.41) is 18.6. The Labute approximate surface area is 160 Å². The van der Waals surface area contributed by atoms with E-state index in [0.29, 0.717) is 18.6 Å². The Kier molecular flexibility index (Phi) is 9.21. The molecular weight excluding hydrogens is 375 g/mol. The number of hydrogen-bond donors (Lipinski definition) is 2. The van der Waals surface area contributed by atoms with Gasteiger partial charge in [-0.25, -0.2) is 13.6 Å². The summed E-state index contributed by atoms with van der Waals surface area (Å²) < 4.78 is 35.2. The zero-order valence-electron chi connectivity index (χ0n) is 16.2. The number of likely N-dealkylation sites (N-methyl/N-ethyl adjacent to an activating group) is 1. The number of halogens is 2. The monoisotopic (exact) mass is 403 g/mol. The second kappa shape index (κ2) is 10.6. The SMILES string of the molecule is CN(CCc1cc(B(O)O)ccc1OCC(F)F)C(=O)OCC[Si](C)(C)C. The summed E-state index contributed by atoms with van der Waals surface area (Å²) in [5.41, 5.74) is 0.720. The Morgan fingerprint density at radius 3 is 2.52 bits per heavy atom. The number of carbonyl (C=O) groups excluding carboxylic acids is 1. The highest BCUT2D eigenvalue weighted by molar-refractivity contribution is 6.76. The van der Waals surface area contributed by atoms with E-state index in [1.54, 1.807) is 7.05 Å². The average molecular weight is 403 g/mol. The van der Waals surface area contributed by atoms with E-state index in [9.17, 15) is 23.6 Å². The summed E-state index contributed by atoms with van der Waals surface area (Å²) in [6.07, 6.45) is -2.79. The van der Waals surface area contributed by atoms with E-state index in [-0.39, 0.29) is 17.8 Å². The van der Waals surface area contributed by atoms with Crippen molar-refractivity contribution in [2.75, 3.05) is 26.8 Å². The third-order valence-electron chi connectivity index (χ3n) is 3.85. The van der Waals surface area contributed by atoms with E-state index in [4.69, 9.17) is 9.47 Å². The van der Waals surface area contributed by atoms with Crippen molar-refractivity contribution in [2.24, 2.45) is 0 Å². The molecule has 0 fully saturated rings. The lowest BCUT2D eigenvalue weighted by Gasteiger charge is -2.20. The summed E-state index contributed by atoms with van der Waals surface area (Å²) in [6.45, 7) is 6.44. The second-order valence-electron chi connectivity index (χ2n) is 7.54. The Balaban J connectivity index is 2.69. The first-order valence-corrected chi connectivity index (χ1v) is 12.5. The Morgan fingerprint density at radius 1 is 1.30 bits per heavy atom. The lowest BCUT2D eigenvalue weighted by atomic mass is 9.79. The van der Waals surface area contributed by atoms with Gasteiger partial charge in [-0.05, 0) is 29.6 Å². The molecule has 0 saturated heterocycles. The van der Waals surface area contributed by atoms with Crippen LogP contribution >= 0.6 is 0 Å². The van der Waals surface area contributed by atoms with Gasteiger partial charge in [0.05, 0.1) is 6.61 Å². The number of amides is 1. The highest BCUT2D eigenvalue weighted by atomic mass is 28.3. The summed E-state index contributed by atoms with van der Waals surface area (Å²) in [5.74, 6) is 0.222. The molecule has 0 radical (unpaired) electrons. The van der Waals surface area contributed by atoms with Crippen molar-refractivity contribution in [1.82, 2.24) is 4.90 Å². The first-order chi connectivity index (χ1) is 12.5. The normalized spacial score (nSPS) is 11.4. The summed E-state index contributed by atoms with van der Waals surface area (Å²) >= 11 is 0. The van der Waals surface area contributed by atoms with Crippen LogP contribution in [-0.2, 0) is 11.2 Å². The molecule has 2 N–H and O–H groups in total. The molecule has 10 heteroatoms. The zero-order valence-corrected chi connectivity index (χ0v) is 17.2. The molecular formula is C17H28BF2NO5Si. The van der Waals surface area contributed by atoms with Crippen LogP contribution < -0.4 is 10.2 Å². The molecule has 1 rings (SSSR count). The van der Waals surface area contributed by atoms with Gasteiger partial charge in [-0.3, -0.25) is 0 Å². The second-order valence-corrected chi connectivity index (χ2v) is 13.2. The maximum atomic E-state index is 12.4. The van der Waals surface area contributed by atoms with Crippen LogP contribution in [0.4, 0.5) is 13.6 Å². The van der Waals surface area contributed by atoms with Crippen molar-refractivity contribution in [3.05, 3.63) is 23.8 Å². The lowest BCUT2D eigenvalue weighted by molar-refractivity contribution is 0.0813. The maximum Gasteiger partial charge on any atom is 0.488 e. The molecule has 1 aromatic rings. The molecule has 1 amide bonds. The van der Waals surface area contributed by atoms with Gasteiger partial charge in [0.2, 0.25) is 0 Å². The third-order valence-corrected chi connectivity index (χ3v) is 5.56. The van der Waals surface area contributed by atoms with Crippen LogP contribution in [0.3, 0.4) is 0 Å². The van der Waals surface area contributed by atoms with Crippen molar-refractivity contribution in [2.45, 2.75) is 38.5 Å². The standard InChI is InChI=1S/C17H28BF2NO5Si/c1-21(17(22)25-9-10-27(2,3)4)8-7-13-11-14(18(23)24)5-6-15(13)26-12-16(19)20/h5-6,11,16,23-24H,7-10,12H2,1-4H3. The van der Waals surface area contributed by atoms with Crippen LogP contribution in [0, 0.1) is 0 Å². The highest BCUT2D eigenvalue weighted by Gasteiger charge is 2.18. The number of hydrogen-bond acceptors (Lipinski definition) is 5. The van der Waals surface area contributed by atoms with E-state index < -0.39 is 34.3 Å². The van der Waals surface area contributed by atoms with Crippen molar-refractivity contribution < 1.29 is 33.1 Å². The predicted octanol–water partition coefficient (Wildman–Crippen LogP) is 1.96. The topological polar surface area (TPSA) is 79.2 Å². The molecule has 0 unspecified atom stereocenters. The van der Waals surface area contributed by atoms with Gasteiger partial charge in [0.25, 0.3) is 6.43 Å². The number of alkyl halides is 2. The maximum absolute atomic E-state index is 12.4. The fourth-order valence-corrected chi connectivity index (χ4v) is 2.90. The molecule has 27 heavy (non-hydrogen) atoms. The van der Waals surface area contributed by atoms with Crippen LogP contribution in [0.15, 0.2) is 18.2 Å². The number of nitrogens with zero attached hydrogens (tertiary/aromatic N) is 1. The smallest absolute Gasteiger partial charge is 0.487 e. The van der Waals surface area contributed by atoms with Crippen LogP contribution in [0.25, 0.3) is 0 Å². The number of rotatable bonds is 10. The van der Waals surface area contributed by atoms with Gasteiger partial charge in [0, 0.05) is 21.7 Å². The van der Waals surface area contributed by atoms with Crippen molar-refractivity contribution >= 4 is 26.7 Å². The minimum atomic E-state index is -2.62. The van der Waals surface area contributed by atoms with Gasteiger partial charge in [-0.2, -0.15) is 0 Å². The first kappa shape index (κ1) is 23.4. The number of benzene rings is 1.